The van der Waals surface area contributed by atoms with Crippen molar-refractivity contribution in [3.05, 3.63) is 0 Å². The van der Waals surface area contributed by atoms with Gasteiger partial charge in [0.25, 0.3) is 0 Å². The lowest BCUT2D eigenvalue weighted by Crippen LogP contribution is -2.37. The quantitative estimate of drug-likeness (QED) is 0.0288. The summed E-state index contributed by atoms with van der Waals surface area (Å²) in [4.78, 5) is 22.8. The second kappa shape index (κ2) is 36.5. The summed E-state index contributed by atoms with van der Waals surface area (Å²) in [6.45, 7) is 5.67. The van der Waals surface area contributed by atoms with Crippen LogP contribution < -0.4 is 0 Å². The lowest BCUT2D eigenvalue weighted by Gasteiger charge is -2.24. The van der Waals surface area contributed by atoms with E-state index in [1.54, 1.807) is 0 Å². The number of hydrogen-bond donors (Lipinski definition) is 1. The summed E-state index contributed by atoms with van der Waals surface area (Å²) in [7, 11) is 1.68. The van der Waals surface area contributed by atoms with Gasteiger partial charge >= 0.3 is 13.8 Å². The summed E-state index contributed by atoms with van der Waals surface area (Å²) in [5.74, 6) is -0.309. The van der Waals surface area contributed by atoms with Gasteiger partial charge in [0.05, 0.1) is 34.4 Å². The average molecular weight is 749 g/mol. The Bertz CT molecular complexity index is 792. The van der Waals surface area contributed by atoms with Gasteiger partial charge < -0.3 is 18.9 Å². The molecule has 1 unspecified atom stereocenters. The van der Waals surface area contributed by atoms with Gasteiger partial charge in [-0.15, -0.1) is 0 Å². The van der Waals surface area contributed by atoms with Gasteiger partial charge in [-0.2, -0.15) is 0 Å². The Kier molecular flexibility index (Phi) is 36.1. The molecule has 2 atom stereocenters. The van der Waals surface area contributed by atoms with E-state index in [1.165, 1.54) is 154 Å². The summed E-state index contributed by atoms with van der Waals surface area (Å²) in [5.41, 5.74) is 0. The smallest absolute Gasteiger partial charge is 0.457 e. The van der Waals surface area contributed by atoms with E-state index in [4.69, 9.17) is 18.5 Å². The molecule has 0 rings (SSSR count). The number of ether oxygens (including phenoxy) is 2. The molecule has 0 aliphatic rings. The molecule has 0 aromatic carbocycles. The molecule has 0 aliphatic carbocycles. The normalized spacial score (nSPS) is 13.8. The Morgan fingerprint density at radius 3 is 1.29 bits per heavy atom. The minimum absolute atomic E-state index is 0.0938. The number of quaternary nitrogens is 1. The topological polar surface area (TPSA) is 91.3 Å². The van der Waals surface area contributed by atoms with Crippen molar-refractivity contribution in [2.75, 3.05) is 54.1 Å². The molecule has 0 saturated heterocycles. The molecule has 8 nitrogen and oxygen atoms in total. The van der Waals surface area contributed by atoms with Crippen LogP contribution in [0.2, 0.25) is 0 Å². The number of phosphoric acid groups is 1. The Morgan fingerprint density at radius 2 is 0.902 bits per heavy atom. The number of likely N-dealkylation sites (N-methyl/N-ethyl adjacent to an activating group) is 1. The molecule has 51 heavy (non-hydrogen) atoms. The van der Waals surface area contributed by atoms with Gasteiger partial charge in [0, 0.05) is 13.0 Å². The maximum absolute atomic E-state index is 12.7. The third-order valence-corrected chi connectivity index (χ3v) is 10.7. The van der Waals surface area contributed by atoms with Gasteiger partial charge in [0.2, 0.25) is 0 Å². The van der Waals surface area contributed by atoms with Crippen molar-refractivity contribution >= 4 is 13.8 Å². The van der Waals surface area contributed by atoms with Crippen LogP contribution in [0.3, 0.4) is 0 Å². The molecular weight excluding hydrogens is 661 g/mol. The number of carbonyl (C=O) groups is 1. The van der Waals surface area contributed by atoms with E-state index in [1.807, 2.05) is 21.1 Å². The van der Waals surface area contributed by atoms with Crippen molar-refractivity contribution in [3.63, 3.8) is 0 Å². The second-order valence-corrected chi connectivity index (χ2v) is 17.5. The highest BCUT2D eigenvalue weighted by molar-refractivity contribution is 7.47. The standard InChI is InChI=1S/C42H86NO7P/c1-6-8-10-12-14-16-18-20-21-22-24-26-28-30-32-34-37-47-39-41(40-49-51(45,46)48-38-36-43(3,4)5)50-42(44)35-33-31-29-27-25-23-19-17-15-13-11-9-7-2/h41H,6-40H2,1-5H3/p+1/t41-/m1/s1. The first-order valence-electron chi connectivity index (χ1n) is 21.8. The molecule has 0 saturated carbocycles. The molecule has 0 heterocycles. The van der Waals surface area contributed by atoms with Crippen LogP contribution in [0.25, 0.3) is 0 Å². The summed E-state index contributed by atoms with van der Waals surface area (Å²) >= 11 is 0. The molecule has 0 aliphatic heterocycles. The van der Waals surface area contributed by atoms with Gasteiger partial charge in [-0.05, 0) is 12.8 Å². The van der Waals surface area contributed by atoms with E-state index in [9.17, 15) is 14.3 Å². The fourth-order valence-corrected chi connectivity index (χ4v) is 7.00. The van der Waals surface area contributed by atoms with Crippen molar-refractivity contribution in [2.45, 2.75) is 213 Å². The van der Waals surface area contributed by atoms with Crippen molar-refractivity contribution in [1.29, 1.82) is 0 Å². The Morgan fingerprint density at radius 1 is 0.529 bits per heavy atom. The van der Waals surface area contributed by atoms with Crippen LogP contribution in [-0.2, 0) is 27.9 Å². The van der Waals surface area contributed by atoms with Crippen molar-refractivity contribution in [2.24, 2.45) is 0 Å². The number of esters is 1. The van der Waals surface area contributed by atoms with Crippen LogP contribution >= 0.6 is 7.82 Å². The number of hydrogen-bond acceptors (Lipinski definition) is 6. The van der Waals surface area contributed by atoms with Crippen LogP contribution in [0.4, 0.5) is 0 Å². The predicted octanol–water partition coefficient (Wildman–Crippen LogP) is 12.5. The minimum Gasteiger partial charge on any atom is -0.457 e. The van der Waals surface area contributed by atoms with Gasteiger partial charge in [-0.25, -0.2) is 4.57 Å². The zero-order chi connectivity index (χ0) is 37.7. The molecule has 0 bridgehead atoms. The van der Waals surface area contributed by atoms with Gasteiger partial charge in [-0.1, -0.05) is 187 Å². The van der Waals surface area contributed by atoms with Crippen LogP contribution in [0.5, 0.6) is 0 Å². The fraction of sp³-hybridized carbons (Fsp3) is 0.976. The summed E-state index contributed by atoms with van der Waals surface area (Å²) < 4.78 is 35.0. The van der Waals surface area contributed by atoms with E-state index < -0.39 is 13.9 Å². The van der Waals surface area contributed by atoms with Crippen molar-refractivity contribution < 1.29 is 37.3 Å². The lowest BCUT2D eigenvalue weighted by molar-refractivity contribution is -0.870. The highest BCUT2D eigenvalue weighted by Crippen LogP contribution is 2.43. The largest absolute Gasteiger partial charge is 0.472 e. The van der Waals surface area contributed by atoms with Crippen LogP contribution in [-0.4, -0.2) is 75.6 Å². The summed E-state index contributed by atoms with van der Waals surface area (Å²) in [6.07, 6.45) is 36.9. The first-order chi connectivity index (χ1) is 24.6. The molecule has 306 valence electrons. The van der Waals surface area contributed by atoms with E-state index in [0.29, 0.717) is 24.1 Å². The molecule has 0 spiro atoms. The molecule has 0 amide bonds. The third-order valence-electron chi connectivity index (χ3n) is 9.67. The lowest BCUT2D eigenvalue weighted by atomic mass is 10.0. The highest BCUT2D eigenvalue weighted by atomic mass is 31.2. The number of nitrogens with zero attached hydrogens (tertiary/aromatic N) is 1. The van der Waals surface area contributed by atoms with Gasteiger partial charge in [-0.3, -0.25) is 13.8 Å². The molecule has 9 heteroatoms. The van der Waals surface area contributed by atoms with E-state index in [-0.39, 0.29) is 25.8 Å². The van der Waals surface area contributed by atoms with E-state index in [0.717, 1.165) is 32.1 Å². The number of unbranched alkanes of at least 4 members (excludes halogenated alkanes) is 27. The maximum Gasteiger partial charge on any atom is 0.472 e. The maximum atomic E-state index is 12.7. The average Bonchev–Trinajstić information content (AvgIpc) is 3.08. The minimum atomic E-state index is -4.26. The first-order valence-corrected chi connectivity index (χ1v) is 23.3. The molecule has 0 aromatic rings. The van der Waals surface area contributed by atoms with Crippen molar-refractivity contribution in [3.8, 4) is 0 Å². The predicted molar refractivity (Wildman–Crippen MR) is 215 cm³/mol. The van der Waals surface area contributed by atoms with Gasteiger partial charge in [0.15, 0.2) is 0 Å². The SMILES string of the molecule is CCCCCCCCCCCCCCCCCCOC[C@H](COP(=O)(O)OCC[N+](C)(C)C)OC(=O)CCCCCCCCCCCCCCC. The Hall–Kier alpha value is -0.500. The summed E-state index contributed by atoms with van der Waals surface area (Å²) in [5, 5.41) is 0. The van der Waals surface area contributed by atoms with Crippen LogP contribution in [0.1, 0.15) is 206 Å². The third kappa shape index (κ3) is 40.5. The van der Waals surface area contributed by atoms with E-state index >= 15 is 0 Å². The van der Waals surface area contributed by atoms with Crippen molar-refractivity contribution in [1.82, 2.24) is 0 Å². The monoisotopic (exact) mass is 749 g/mol. The van der Waals surface area contributed by atoms with Crippen LogP contribution in [0.15, 0.2) is 0 Å². The molecule has 1 N–H and O–H groups in total. The zero-order valence-electron chi connectivity index (χ0n) is 34.6. The number of phosphoric ester groups is 1. The van der Waals surface area contributed by atoms with Gasteiger partial charge in [0.1, 0.15) is 19.3 Å². The summed E-state index contributed by atoms with van der Waals surface area (Å²) in [6, 6.07) is 0. The number of rotatable bonds is 41. The highest BCUT2D eigenvalue weighted by Gasteiger charge is 2.26. The van der Waals surface area contributed by atoms with E-state index in [2.05, 4.69) is 13.8 Å². The Labute approximate surface area is 317 Å². The Balaban J connectivity index is 4.18. The first kappa shape index (κ1) is 50.5. The fourth-order valence-electron chi connectivity index (χ4n) is 6.26. The second-order valence-electron chi connectivity index (χ2n) is 16.1. The molecule has 0 aromatic heterocycles. The molecule has 0 fully saturated rings. The number of carbonyl (C=O) groups excluding carboxylic acids is 1. The molecular formula is C42H87NO7P+. The zero-order valence-corrected chi connectivity index (χ0v) is 35.5. The van der Waals surface area contributed by atoms with Crippen LogP contribution in [0, 0.1) is 0 Å². The molecule has 0 radical (unpaired) electrons.